The van der Waals surface area contributed by atoms with Gasteiger partial charge in [-0.15, -0.1) is 0 Å². The third kappa shape index (κ3) is 3.82. The van der Waals surface area contributed by atoms with E-state index in [0.29, 0.717) is 6.16 Å². The second-order valence-electron chi connectivity index (χ2n) is 8.38. The Morgan fingerprint density at radius 2 is 1.09 bits per heavy atom. The summed E-state index contributed by atoms with van der Waals surface area (Å²) in [5, 5.41) is 3.41. The monoisotopic (exact) mass is 476 g/mol. The van der Waals surface area contributed by atoms with Gasteiger partial charge in [-0.1, -0.05) is 0 Å². The van der Waals surface area contributed by atoms with E-state index in [1.165, 1.54) is 0 Å². The predicted octanol–water partition coefficient (Wildman–Crippen LogP) is 6.50. The molecule has 33 heavy (non-hydrogen) atoms. The topological polar surface area (TPSA) is 18.5 Å². The molecule has 4 rings (SSSR count). The first-order valence-electron chi connectivity index (χ1n) is 11.0. The van der Waals surface area contributed by atoms with Crippen LogP contribution in [0.15, 0.2) is 97.1 Å². The second-order valence-corrected chi connectivity index (χ2v) is 14.8. The van der Waals surface area contributed by atoms with Crippen molar-refractivity contribution in [1.29, 1.82) is 0 Å². The molecule has 170 valence electrons. The first-order valence-corrected chi connectivity index (χ1v) is 14.4. The van der Waals surface area contributed by atoms with Crippen LogP contribution in [0.2, 0.25) is 0 Å². The zero-order valence-electron chi connectivity index (χ0n) is 19.6. The molecular formula is C29H30ClO2P. The van der Waals surface area contributed by atoms with Gasteiger partial charge in [0.05, 0.1) is 0 Å². The van der Waals surface area contributed by atoms with Crippen LogP contribution in [0.5, 0.6) is 11.5 Å². The molecule has 0 aliphatic heterocycles. The average molecular weight is 477 g/mol. The summed E-state index contributed by atoms with van der Waals surface area (Å²) in [4.78, 5) is 0. The standard InChI is InChI=1S/C29H30ClO2P/c1-22-20-28(31-3)23(2)29(32-4)27(22)21-33(30,24-14-8-5-9-15-24,25-16-10-6-11-17-25)26-18-12-7-13-19-26/h5-20H,21H2,1-4H3. The van der Waals surface area contributed by atoms with E-state index in [1.54, 1.807) is 14.2 Å². The third-order valence-corrected chi connectivity index (χ3v) is 13.7. The van der Waals surface area contributed by atoms with E-state index in [0.717, 1.165) is 44.1 Å². The van der Waals surface area contributed by atoms with E-state index < -0.39 is 5.96 Å². The summed E-state index contributed by atoms with van der Waals surface area (Å²) < 4.78 is 11.6. The summed E-state index contributed by atoms with van der Waals surface area (Å²) in [6, 6.07) is 33.7. The van der Waals surface area contributed by atoms with Gasteiger partial charge in [-0.25, -0.2) is 0 Å². The molecular weight excluding hydrogens is 447 g/mol. The van der Waals surface area contributed by atoms with Crippen molar-refractivity contribution in [2.24, 2.45) is 0 Å². The molecule has 0 aliphatic carbocycles. The van der Waals surface area contributed by atoms with Crippen molar-refractivity contribution in [1.82, 2.24) is 0 Å². The maximum absolute atomic E-state index is 8.28. The van der Waals surface area contributed by atoms with Crippen LogP contribution in [0.3, 0.4) is 0 Å². The van der Waals surface area contributed by atoms with Gasteiger partial charge in [0.2, 0.25) is 0 Å². The van der Waals surface area contributed by atoms with Crippen molar-refractivity contribution in [2.75, 3.05) is 14.2 Å². The quantitative estimate of drug-likeness (QED) is 0.283. The maximum atomic E-state index is 8.28. The molecule has 4 aromatic carbocycles. The number of ether oxygens (including phenoxy) is 2. The molecule has 0 saturated heterocycles. The van der Waals surface area contributed by atoms with Gasteiger partial charge in [-0.3, -0.25) is 0 Å². The fraction of sp³-hybridized carbons (Fsp3) is 0.172. The molecule has 0 heterocycles. The Balaban J connectivity index is 2.13. The zero-order valence-corrected chi connectivity index (χ0v) is 21.2. The van der Waals surface area contributed by atoms with Gasteiger partial charge < -0.3 is 0 Å². The molecule has 4 aromatic rings. The van der Waals surface area contributed by atoms with Gasteiger partial charge >= 0.3 is 202 Å². The molecule has 2 nitrogen and oxygen atoms in total. The zero-order chi connectivity index (χ0) is 23.5. The van der Waals surface area contributed by atoms with Crippen LogP contribution >= 0.6 is 17.2 Å². The van der Waals surface area contributed by atoms with E-state index in [2.05, 4.69) is 85.8 Å². The molecule has 0 N–H and O–H groups in total. The molecule has 0 saturated carbocycles. The number of hydrogen-bond acceptors (Lipinski definition) is 2. The molecule has 0 bridgehead atoms. The Kier molecular flexibility index (Phi) is 6.52. The van der Waals surface area contributed by atoms with E-state index in [1.807, 2.05) is 25.1 Å². The third-order valence-electron chi connectivity index (χ3n) is 6.57. The summed E-state index contributed by atoms with van der Waals surface area (Å²) in [5.41, 5.74) is 3.20. The number of halogens is 1. The van der Waals surface area contributed by atoms with Crippen LogP contribution in [0, 0.1) is 13.8 Å². The molecule has 0 radical (unpaired) electrons. The van der Waals surface area contributed by atoms with E-state index in [9.17, 15) is 0 Å². The Hall–Kier alpha value is -2.80. The number of rotatable bonds is 7. The molecule has 0 unspecified atom stereocenters. The van der Waals surface area contributed by atoms with Crippen LogP contribution < -0.4 is 25.4 Å². The molecule has 0 aromatic heterocycles. The van der Waals surface area contributed by atoms with Gasteiger partial charge in [0.1, 0.15) is 0 Å². The van der Waals surface area contributed by atoms with Crippen molar-refractivity contribution >= 4 is 33.1 Å². The van der Waals surface area contributed by atoms with Gasteiger partial charge in [0.15, 0.2) is 0 Å². The number of aryl methyl sites for hydroxylation is 1. The molecule has 0 amide bonds. The van der Waals surface area contributed by atoms with E-state index >= 15 is 0 Å². The fourth-order valence-electron chi connectivity index (χ4n) is 4.83. The molecule has 0 aliphatic rings. The summed E-state index contributed by atoms with van der Waals surface area (Å²) in [7, 11) is 3.42. The molecule has 4 heteroatoms. The molecule has 0 fully saturated rings. The predicted molar refractivity (Wildman–Crippen MR) is 144 cm³/mol. The molecule has 0 spiro atoms. The fourth-order valence-corrected chi connectivity index (χ4v) is 11.0. The minimum atomic E-state index is -3.47. The first kappa shape index (κ1) is 23.4. The van der Waals surface area contributed by atoms with Crippen LogP contribution in [0.1, 0.15) is 16.7 Å². The van der Waals surface area contributed by atoms with Crippen molar-refractivity contribution in [3.05, 3.63) is 114 Å². The summed E-state index contributed by atoms with van der Waals surface area (Å²) in [6.45, 7) is 4.15. The Morgan fingerprint density at radius 3 is 1.45 bits per heavy atom. The number of benzene rings is 4. The second kappa shape index (κ2) is 9.21. The Bertz CT molecular complexity index is 1140. The van der Waals surface area contributed by atoms with Crippen molar-refractivity contribution in [2.45, 2.75) is 20.0 Å². The average Bonchev–Trinajstić information content (AvgIpc) is 2.88. The number of hydrogen-bond donors (Lipinski definition) is 0. The van der Waals surface area contributed by atoms with Crippen LogP contribution in [0.4, 0.5) is 0 Å². The SMILES string of the molecule is COc1cc(C)c(CP(Cl)(c2ccccc2)(c2ccccc2)c2ccccc2)c(OC)c1C. The summed E-state index contributed by atoms with van der Waals surface area (Å²) in [6.07, 6.45) is 0.630. The van der Waals surface area contributed by atoms with Gasteiger partial charge in [0.25, 0.3) is 0 Å². The van der Waals surface area contributed by atoms with E-state index in [-0.39, 0.29) is 0 Å². The number of methoxy groups -OCH3 is 2. The first-order chi connectivity index (χ1) is 15.9. The van der Waals surface area contributed by atoms with Crippen LogP contribution in [-0.4, -0.2) is 14.2 Å². The molecule has 0 atom stereocenters. The van der Waals surface area contributed by atoms with Crippen molar-refractivity contribution < 1.29 is 9.47 Å². The van der Waals surface area contributed by atoms with Crippen molar-refractivity contribution in [3.8, 4) is 11.5 Å². The van der Waals surface area contributed by atoms with Crippen LogP contribution in [0.25, 0.3) is 0 Å². The normalized spacial score (nSPS) is 12.6. The minimum absolute atomic E-state index is 0.630. The van der Waals surface area contributed by atoms with Gasteiger partial charge in [0, 0.05) is 0 Å². The summed E-state index contributed by atoms with van der Waals surface area (Å²) >= 11 is 8.28. The van der Waals surface area contributed by atoms with Crippen molar-refractivity contribution in [3.63, 3.8) is 0 Å². The summed E-state index contributed by atoms with van der Waals surface area (Å²) in [5.74, 6) is -1.81. The van der Waals surface area contributed by atoms with Crippen LogP contribution in [-0.2, 0) is 6.16 Å². The Labute approximate surface area is 201 Å². The van der Waals surface area contributed by atoms with Gasteiger partial charge in [-0.05, 0) is 0 Å². The van der Waals surface area contributed by atoms with E-state index in [4.69, 9.17) is 20.7 Å². The van der Waals surface area contributed by atoms with Gasteiger partial charge in [-0.2, -0.15) is 0 Å². The Morgan fingerprint density at radius 1 is 0.667 bits per heavy atom.